The Labute approximate surface area is 127 Å². The zero-order chi connectivity index (χ0) is 15.1. The molecule has 0 aromatic heterocycles. The summed E-state index contributed by atoms with van der Waals surface area (Å²) < 4.78 is 5.29. The van der Waals surface area contributed by atoms with Crippen molar-refractivity contribution in [3.05, 3.63) is 24.3 Å². The minimum atomic E-state index is 0.452. The van der Waals surface area contributed by atoms with Crippen molar-refractivity contribution in [1.82, 2.24) is 4.90 Å². The highest BCUT2D eigenvalue weighted by Crippen LogP contribution is 2.22. The van der Waals surface area contributed by atoms with Gasteiger partial charge in [0, 0.05) is 13.1 Å². The van der Waals surface area contributed by atoms with Crippen molar-refractivity contribution in [3.63, 3.8) is 0 Å². The lowest BCUT2D eigenvalue weighted by atomic mass is 10.1. The van der Waals surface area contributed by atoms with Gasteiger partial charge < -0.3 is 20.7 Å². The fourth-order valence-electron chi connectivity index (χ4n) is 2.73. The first-order valence-corrected chi connectivity index (χ1v) is 7.65. The summed E-state index contributed by atoms with van der Waals surface area (Å²) in [4.78, 5) is 6.98. The summed E-state index contributed by atoms with van der Waals surface area (Å²) in [5.74, 6) is 1.84. The first kappa shape index (κ1) is 15.6. The van der Waals surface area contributed by atoms with Gasteiger partial charge in [-0.15, -0.1) is 0 Å². The van der Waals surface area contributed by atoms with Crippen LogP contribution in [-0.2, 0) is 0 Å². The van der Waals surface area contributed by atoms with E-state index < -0.39 is 0 Å². The van der Waals surface area contributed by atoms with E-state index in [0.29, 0.717) is 11.9 Å². The number of methoxy groups -OCH3 is 1. The van der Waals surface area contributed by atoms with E-state index in [9.17, 15) is 0 Å². The topological polar surface area (TPSA) is 62.9 Å². The Bertz CT molecular complexity index is 475. The molecule has 0 spiro atoms. The first-order chi connectivity index (χ1) is 10.2. The Balaban J connectivity index is 1.84. The van der Waals surface area contributed by atoms with Gasteiger partial charge in [0.1, 0.15) is 5.75 Å². The summed E-state index contributed by atoms with van der Waals surface area (Å²) >= 11 is 0. The Morgan fingerprint density at radius 1 is 1.48 bits per heavy atom. The van der Waals surface area contributed by atoms with Crippen LogP contribution in [0.2, 0.25) is 0 Å². The lowest BCUT2D eigenvalue weighted by Gasteiger charge is -2.14. The molecule has 2 rings (SSSR count). The third-order valence-electron chi connectivity index (χ3n) is 3.80. The SMILES string of the molecule is CCCN1CCC(CN=C(N)Nc2ccccc2OC)C1. The Hall–Kier alpha value is -1.75. The molecule has 0 amide bonds. The number of nitrogens with one attached hydrogen (secondary N) is 1. The van der Waals surface area contributed by atoms with Crippen molar-refractivity contribution in [1.29, 1.82) is 0 Å². The van der Waals surface area contributed by atoms with E-state index in [2.05, 4.69) is 22.1 Å². The number of hydrogen-bond donors (Lipinski definition) is 2. The van der Waals surface area contributed by atoms with Gasteiger partial charge in [-0.25, -0.2) is 0 Å². The molecule has 5 heteroatoms. The molecule has 1 aliphatic heterocycles. The first-order valence-electron chi connectivity index (χ1n) is 7.65. The van der Waals surface area contributed by atoms with Gasteiger partial charge in [-0.1, -0.05) is 19.1 Å². The van der Waals surface area contributed by atoms with Crippen LogP contribution < -0.4 is 15.8 Å². The normalized spacial score (nSPS) is 19.7. The molecule has 0 radical (unpaired) electrons. The molecule has 1 unspecified atom stereocenters. The smallest absolute Gasteiger partial charge is 0.193 e. The molecule has 1 atom stereocenters. The molecule has 3 N–H and O–H groups in total. The summed E-state index contributed by atoms with van der Waals surface area (Å²) in [7, 11) is 1.65. The number of benzene rings is 1. The highest BCUT2D eigenvalue weighted by molar-refractivity contribution is 5.93. The fourth-order valence-corrected chi connectivity index (χ4v) is 2.73. The van der Waals surface area contributed by atoms with Crippen LogP contribution >= 0.6 is 0 Å². The molecule has 21 heavy (non-hydrogen) atoms. The Morgan fingerprint density at radius 2 is 2.29 bits per heavy atom. The average molecular weight is 290 g/mol. The number of para-hydroxylation sites is 2. The van der Waals surface area contributed by atoms with Crippen LogP contribution in [0.3, 0.4) is 0 Å². The second kappa shape index (κ2) is 7.88. The quantitative estimate of drug-likeness (QED) is 0.622. The maximum absolute atomic E-state index is 5.97. The highest BCUT2D eigenvalue weighted by atomic mass is 16.5. The van der Waals surface area contributed by atoms with Crippen molar-refractivity contribution in [2.75, 3.05) is 38.6 Å². The second-order valence-electron chi connectivity index (χ2n) is 5.51. The predicted molar refractivity (Wildman–Crippen MR) is 87.9 cm³/mol. The molecule has 1 aromatic rings. The number of guanidine groups is 1. The van der Waals surface area contributed by atoms with E-state index in [0.717, 1.165) is 24.5 Å². The van der Waals surface area contributed by atoms with Gasteiger partial charge in [-0.2, -0.15) is 0 Å². The third-order valence-corrected chi connectivity index (χ3v) is 3.80. The molecule has 1 fully saturated rings. The van der Waals surface area contributed by atoms with Gasteiger partial charge in [0.15, 0.2) is 5.96 Å². The number of nitrogens with two attached hydrogens (primary N) is 1. The monoisotopic (exact) mass is 290 g/mol. The van der Waals surface area contributed by atoms with Gasteiger partial charge in [-0.05, 0) is 44.0 Å². The molecule has 0 saturated carbocycles. The molecule has 1 saturated heterocycles. The summed E-state index contributed by atoms with van der Waals surface area (Å²) in [5.41, 5.74) is 6.82. The van der Waals surface area contributed by atoms with E-state index >= 15 is 0 Å². The number of rotatable bonds is 6. The lowest BCUT2D eigenvalue weighted by molar-refractivity contribution is 0.326. The number of aliphatic imine (C=N–C) groups is 1. The van der Waals surface area contributed by atoms with E-state index in [1.807, 2.05) is 24.3 Å². The standard InChI is InChI=1S/C16H26N4O/c1-3-9-20-10-8-13(12-20)11-18-16(17)19-14-6-4-5-7-15(14)21-2/h4-7,13H,3,8-12H2,1-2H3,(H3,17,18,19). The summed E-state index contributed by atoms with van der Waals surface area (Å²) in [6.07, 6.45) is 2.43. The molecule has 1 heterocycles. The van der Waals surface area contributed by atoms with Crippen molar-refractivity contribution in [3.8, 4) is 5.75 Å². The lowest BCUT2D eigenvalue weighted by Crippen LogP contribution is -2.25. The van der Waals surface area contributed by atoms with E-state index in [1.54, 1.807) is 7.11 Å². The summed E-state index contributed by atoms with van der Waals surface area (Å²) in [6, 6.07) is 7.70. The van der Waals surface area contributed by atoms with Gasteiger partial charge in [0.25, 0.3) is 0 Å². The number of anilines is 1. The Morgan fingerprint density at radius 3 is 3.05 bits per heavy atom. The van der Waals surface area contributed by atoms with E-state index in [1.165, 1.54) is 25.9 Å². The molecule has 0 bridgehead atoms. The molecule has 1 aromatic carbocycles. The van der Waals surface area contributed by atoms with Crippen molar-refractivity contribution in [2.45, 2.75) is 19.8 Å². The van der Waals surface area contributed by atoms with Crippen molar-refractivity contribution >= 4 is 11.6 Å². The third kappa shape index (κ3) is 4.63. The summed E-state index contributed by atoms with van der Waals surface area (Å²) in [5, 5.41) is 3.11. The van der Waals surface area contributed by atoms with Crippen LogP contribution in [0.1, 0.15) is 19.8 Å². The van der Waals surface area contributed by atoms with Crippen molar-refractivity contribution in [2.24, 2.45) is 16.6 Å². The number of nitrogens with zero attached hydrogens (tertiary/aromatic N) is 2. The van der Waals surface area contributed by atoms with Crippen LogP contribution in [0.5, 0.6) is 5.75 Å². The van der Waals surface area contributed by atoms with Gasteiger partial charge in [-0.3, -0.25) is 4.99 Å². The second-order valence-corrected chi connectivity index (χ2v) is 5.51. The number of likely N-dealkylation sites (tertiary alicyclic amines) is 1. The molecular formula is C16H26N4O. The summed E-state index contributed by atoms with van der Waals surface area (Å²) in [6.45, 7) is 6.52. The average Bonchev–Trinajstić information content (AvgIpc) is 2.94. The van der Waals surface area contributed by atoms with Crippen LogP contribution in [0.25, 0.3) is 0 Å². The highest BCUT2D eigenvalue weighted by Gasteiger charge is 2.21. The number of hydrogen-bond acceptors (Lipinski definition) is 3. The minimum Gasteiger partial charge on any atom is -0.495 e. The molecular weight excluding hydrogens is 264 g/mol. The van der Waals surface area contributed by atoms with E-state index in [4.69, 9.17) is 10.5 Å². The van der Waals surface area contributed by atoms with E-state index in [-0.39, 0.29) is 0 Å². The van der Waals surface area contributed by atoms with Gasteiger partial charge in [0.2, 0.25) is 0 Å². The number of ether oxygens (including phenoxy) is 1. The van der Waals surface area contributed by atoms with Crippen molar-refractivity contribution < 1.29 is 4.74 Å². The minimum absolute atomic E-state index is 0.452. The van der Waals surface area contributed by atoms with Crippen LogP contribution in [0.15, 0.2) is 29.3 Å². The van der Waals surface area contributed by atoms with Crippen LogP contribution in [0, 0.1) is 5.92 Å². The largest absolute Gasteiger partial charge is 0.495 e. The maximum atomic E-state index is 5.97. The molecule has 0 aliphatic carbocycles. The van der Waals surface area contributed by atoms with Gasteiger partial charge >= 0.3 is 0 Å². The Kier molecular flexibility index (Phi) is 5.87. The van der Waals surface area contributed by atoms with Crippen LogP contribution in [0.4, 0.5) is 5.69 Å². The van der Waals surface area contributed by atoms with Crippen LogP contribution in [-0.4, -0.2) is 44.1 Å². The van der Waals surface area contributed by atoms with Gasteiger partial charge in [0.05, 0.1) is 12.8 Å². The maximum Gasteiger partial charge on any atom is 0.193 e. The predicted octanol–water partition coefficient (Wildman–Crippen LogP) is 2.15. The molecule has 1 aliphatic rings. The fraction of sp³-hybridized carbons (Fsp3) is 0.562. The molecule has 5 nitrogen and oxygen atoms in total. The zero-order valence-electron chi connectivity index (χ0n) is 13.0. The molecule has 116 valence electrons. The zero-order valence-corrected chi connectivity index (χ0v) is 13.0.